The second-order valence-corrected chi connectivity index (χ2v) is 5.99. The number of rotatable bonds is 4. The van der Waals surface area contributed by atoms with Crippen molar-refractivity contribution in [2.24, 2.45) is 10.2 Å². The molecule has 0 aliphatic carbocycles. The van der Waals surface area contributed by atoms with Gasteiger partial charge in [0.05, 0.1) is 10.7 Å². The largest absolute Gasteiger partial charge is 0.273 e. The molecule has 0 fully saturated rings. The molecule has 1 N–H and O–H groups in total. The summed E-state index contributed by atoms with van der Waals surface area (Å²) < 4.78 is 0. The van der Waals surface area contributed by atoms with Gasteiger partial charge in [-0.25, -0.2) is 10.4 Å². The lowest BCUT2D eigenvalue weighted by Crippen LogP contribution is -2.38. The standard InChI is InChI=1S/C15H16Cl2N4O2/c1-9-3-6-15(23)21(20-9)8-14(22)19-18-10(2)12-5-4-11(16)7-13(12)17/h4-5,7H,3,6,8H2,1-2H3,(H,19,22)/b18-10+. The predicted octanol–water partition coefficient (Wildman–Crippen LogP) is 2.83. The molecule has 6 nitrogen and oxygen atoms in total. The van der Waals surface area contributed by atoms with Gasteiger partial charge in [-0.1, -0.05) is 29.3 Å². The zero-order valence-electron chi connectivity index (χ0n) is 12.8. The van der Waals surface area contributed by atoms with Crippen molar-refractivity contribution in [3.8, 4) is 0 Å². The summed E-state index contributed by atoms with van der Waals surface area (Å²) in [6.07, 6.45) is 0.995. The van der Waals surface area contributed by atoms with E-state index in [0.29, 0.717) is 34.2 Å². The van der Waals surface area contributed by atoms with Gasteiger partial charge in [-0.3, -0.25) is 9.59 Å². The molecule has 1 aliphatic rings. The molecule has 0 saturated heterocycles. The van der Waals surface area contributed by atoms with Crippen molar-refractivity contribution in [2.45, 2.75) is 26.7 Å². The Balaban J connectivity index is 2.00. The summed E-state index contributed by atoms with van der Waals surface area (Å²) in [4.78, 5) is 23.6. The Bertz CT molecular complexity index is 701. The van der Waals surface area contributed by atoms with Gasteiger partial charge in [-0.05, 0) is 32.4 Å². The summed E-state index contributed by atoms with van der Waals surface area (Å²) >= 11 is 11.9. The van der Waals surface area contributed by atoms with E-state index >= 15 is 0 Å². The molecule has 0 spiro atoms. The van der Waals surface area contributed by atoms with Crippen LogP contribution < -0.4 is 5.43 Å². The summed E-state index contributed by atoms with van der Waals surface area (Å²) in [5.74, 6) is -0.603. The van der Waals surface area contributed by atoms with E-state index in [1.807, 2.05) is 6.92 Å². The molecule has 0 unspecified atom stereocenters. The first kappa shape index (κ1) is 17.4. The first-order valence-corrected chi connectivity index (χ1v) is 7.75. The highest BCUT2D eigenvalue weighted by Crippen LogP contribution is 2.21. The maximum absolute atomic E-state index is 11.9. The Morgan fingerprint density at radius 2 is 2.13 bits per heavy atom. The third kappa shape index (κ3) is 4.77. The summed E-state index contributed by atoms with van der Waals surface area (Å²) in [5.41, 5.74) is 4.42. The monoisotopic (exact) mass is 354 g/mol. The zero-order chi connectivity index (χ0) is 17.0. The number of nitrogens with one attached hydrogen (secondary N) is 1. The lowest BCUT2D eigenvalue weighted by molar-refractivity contribution is -0.136. The fraction of sp³-hybridized carbons (Fsp3) is 0.333. The number of carbonyl (C=O) groups is 2. The first-order chi connectivity index (χ1) is 10.9. The van der Waals surface area contributed by atoms with Gasteiger partial charge >= 0.3 is 0 Å². The second kappa shape index (κ2) is 7.57. The van der Waals surface area contributed by atoms with Crippen molar-refractivity contribution in [1.82, 2.24) is 10.4 Å². The summed E-state index contributed by atoms with van der Waals surface area (Å²) in [5, 5.41) is 10.2. The maximum atomic E-state index is 11.9. The maximum Gasteiger partial charge on any atom is 0.261 e. The minimum atomic E-state index is -0.429. The van der Waals surface area contributed by atoms with Crippen LogP contribution >= 0.6 is 23.2 Å². The molecule has 2 rings (SSSR count). The number of hydrogen-bond acceptors (Lipinski definition) is 4. The highest BCUT2D eigenvalue weighted by molar-refractivity contribution is 6.37. The molecule has 1 heterocycles. The molecule has 0 bridgehead atoms. The van der Waals surface area contributed by atoms with Crippen molar-refractivity contribution in [3.05, 3.63) is 33.8 Å². The van der Waals surface area contributed by atoms with Crippen molar-refractivity contribution >= 4 is 46.4 Å². The highest BCUT2D eigenvalue weighted by atomic mass is 35.5. The third-order valence-corrected chi connectivity index (χ3v) is 3.79. The smallest absolute Gasteiger partial charge is 0.261 e. The van der Waals surface area contributed by atoms with Crippen LogP contribution in [0.15, 0.2) is 28.4 Å². The van der Waals surface area contributed by atoms with Gasteiger partial charge in [0, 0.05) is 22.7 Å². The lowest BCUT2D eigenvalue weighted by atomic mass is 10.1. The normalized spacial score (nSPS) is 15.5. The van der Waals surface area contributed by atoms with Crippen LogP contribution in [0.25, 0.3) is 0 Å². The van der Waals surface area contributed by atoms with Crippen LogP contribution in [0.2, 0.25) is 10.0 Å². The lowest BCUT2D eigenvalue weighted by Gasteiger charge is -2.21. The van der Waals surface area contributed by atoms with Gasteiger partial charge in [0.2, 0.25) is 5.91 Å². The molecule has 1 aliphatic heterocycles. The van der Waals surface area contributed by atoms with Crippen LogP contribution in [0, 0.1) is 0 Å². The molecule has 0 aromatic heterocycles. The number of amides is 2. The number of benzene rings is 1. The molecule has 122 valence electrons. The Labute approximate surface area is 144 Å². The summed E-state index contributed by atoms with van der Waals surface area (Å²) in [6, 6.07) is 5.01. The van der Waals surface area contributed by atoms with Crippen molar-refractivity contribution < 1.29 is 9.59 Å². The molecule has 0 saturated carbocycles. The van der Waals surface area contributed by atoms with Gasteiger partial charge < -0.3 is 0 Å². The van der Waals surface area contributed by atoms with Gasteiger partial charge in [0.1, 0.15) is 6.54 Å². The van der Waals surface area contributed by atoms with Gasteiger partial charge in [0.25, 0.3) is 5.91 Å². The molecular formula is C15H16Cl2N4O2. The molecular weight excluding hydrogens is 339 g/mol. The van der Waals surface area contributed by atoms with E-state index in [1.54, 1.807) is 25.1 Å². The number of hydrogen-bond donors (Lipinski definition) is 1. The summed E-state index contributed by atoms with van der Waals surface area (Å²) in [6.45, 7) is 3.37. The van der Waals surface area contributed by atoms with E-state index in [-0.39, 0.29) is 12.5 Å². The van der Waals surface area contributed by atoms with E-state index in [0.717, 1.165) is 10.7 Å². The van der Waals surface area contributed by atoms with Crippen LogP contribution in [0.5, 0.6) is 0 Å². The van der Waals surface area contributed by atoms with Crippen LogP contribution in [0.4, 0.5) is 0 Å². The van der Waals surface area contributed by atoms with E-state index in [2.05, 4.69) is 15.6 Å². The molecule has 1 aromatic carbocycles. The Hall–Kier alpha value is -1.92. The zero-order valence-corrected chi connectivity index (χ0v) is 14.3. The van der Waals surface area contributed by atoms with Gasteiger partial charge in [0.15, 0.2) is 0 Å². The molecule has 0 atom stereocenters. The van der Waals surface area contributed by atoms with E-state index in [4.69, 9.17) is 23.2 Å². The molecule has 23 heavy (non-hydrogen) atoms. The number of halogens is 2. The minimum Gasteiger partial charge on any atom is -0.273 e. The van der Waals surface area contributed by atoms with Crippen molar-refractivity contribution in [1.29, 1.82) is 0 Å². The average molecular weight is 355 g/mol. The van der Waals surface area contributed by atoms with Crippen molar-refractivity contribution in [3.63, 3.8) is 0 Å². The predicted molar refractivity (Wildman–Crippen MR) is 90.9 cm³/mol. The molecule has 8 heteroatoms. The highest BCUT2D eigenvalue weighted by Gasteiger charge is 2.20. The summed E-state index contributed by atoms with van der Waals surface area (Å²) in [7, 11) is 0. The molecule has 1 aromatic rings. The fourth-order valence-electron chi connectivity index (χ4n) is 2.01. The van der Waals surface area contributed by atoms with Crippen LogP contribution in [0.1, 0.15) is 32.3 Å². The quantitative estimate of drug-likeness (QED) is 0.666. The minimum absolute atomic E-state index is 0.165. The Kier molecular flexibility index (Phi) is 5.74. The van der Waals surface area contributed by atoms with E-state index in [1.165, 1.54) is 0 Å². The number of hydrazone groups is 2. The Morgan fingerprint density at radius 1 is 1.39 bits per heavy atom. The van der Waals surface area contributed by atoms with Crippen LogP contribution in [-0.2, 0) is 9.59 Å². The first-order valence-electron chi connectivity index (χ1n) is 7.00. The van der Waals surface area contributed by atoms with Gasteiger partial charge in [-0.2, -0.15) is 10.2 Å². The number of nitrogens with zero attached hydrogens (tertiary/aromatic N) is 3. The molecule has 0 radical (unpaired) electrons. The van der Waals surface area contributed by atoms with Crippen molar-refractivity contribution in [2.75, 3.05) is 6.54 Å². The second-order valence-electron chi connectivity index (χ2n) is 5.14. The SMILES string of the molecule is CC1=NN(CC(=O)N/N=C(\C)c2ccc(Cl)cc2Cl)C(=O)CC1. The average Bonchev–Trinajstić information content (AvgIpc) is 2.48. The number of carbonyl (C=O) groups excluding carboxylic acids is 2. The fourth-order valence-corrected chi connectivity index (χ4v) is 2.56. The van der Waals surface area contributed by atoms with Crippen LogP contribution in [0.3, 0.4) is 0 Å². The molecule has 2 amide bonds. The van der Waals surface area contributed by atoms with E-state index in [9.17, 15) is 9.59 Å². The topological polar surface area (TPSA) is 74.1 Å². The third-order valence-electron chi connectivity index (χ3n) is 3.24. The van der Waals surface area contributed by atoms with Gasteiger partial charge in [-0.15, -0.1) is 0 Å². The van der Waals surface area contributed by atoms with E-state index < -0.39 is 5.91 Å². The Morgan fingerprint density at radius 3 is 2.83 bits per heavy atom. The van der Waals surface area contributed by atoms with Crippen LogP contribution in [-0.4, -0.2) is 34.8 Å².